The normalized spacial score (nSPS) is 14.2. The summed E-state index contributed by atoms with van der Waals surface area (Å²) in [5.74, 6) is 0.136. The second-order valence-corrected chi connectivity index (χ2v) is 5.54. The maximum atomic E-state index is 10.7. The number of ether oxygens (including phenoxy) is 1. The summed E-state index contributed by atoms with van der Waals surface area (Å²) in [6.45, 7) is 3.86. The largest absolute Gasteiger partial charge is 0.507 e. The van der Waals surface area contributed by atoms with Crippen LogP contribution in [0.1, 0.15) is 26.3 Å². The SMILES string of the molecule is O=Cc1cccc(CN2CCOCC2)c1O.O=Cc1ccccc1O. The van der Waals surface area contributed by atoms with Crippen LogP contribution in [0.25, 0.3) is 0 Å². The van der Waals surface area contributed by atoms with Crippen LogP contribution in [0.15, 0.2) is 42.5 Å². The number of hydrogen-bond acceptors (Lipinski definition) is 6. The van der Waals surface area contributed by atoms with Gasteiger partial charge in [0.1, 0.15) is 11.5 Å². The molecule has 0 amide bonds. The minimum Gasteiger partial charge on any atom is -0.507 e. The van der Waals surface area contributed by atoms with E-state index in [4.69, 9.17) is 9.84 Å². The van der Waals surface area contributed by atoms with Crippen LogP contribution in [0.5, 0.6) is 11.5 Å². The van der Waals surface area contributed by atoms with E-state index in [1.165, 1.54) is 6.07 Å². The van der Waals surface area contributed by atoms with Crippen molar-refractivity contribution in [1.29, 1.82) is 0 Å². The van der Waals surface area contributed by atoms with Crippen LogP contribution in [-0.2, 0) is 11.3 Å². The first-order valence-corrected chi connectivity index (χ1v) is 7.95. The van der Waals surface area contributed by atoms with E-state index in [0.717, 1.165) is 31.9 Å². The van der Waals surface area contributed by atoms with Crippen LogP contribution in [0, 0.1) is 0 Å². The monoisotopic (exact) mass is 343 g/mol. The first-order valence-electron chi connectivity index (χ1n) is 7.95. The fraction of sp³-hybridized carbons (Fsp3) is 0.263. The molecule has 2 aromatic carbocycles. The summed E-state index contributed by atoms with van der Waals surface area (Å²) in [7, 11) is 0. The lowest BCUT2D eigenvalue weighted by molar-refractivity contribution is 0.0338. The van der Waals surface area contributed by atoms with Crippen molar-refractivity contribution >= 4 is 12.6 Å². The van der Waals surface area contributed by atoms with E-state index in [9.17, 15) is 14.7 Å². The highest BCUT2D eigenvalue weighted by Crippen LogP contribution is 2.22. The third-order valence-electron chi connectivity index (χ3n) is 3.84. The molecule has 6 heteroatoms. The Morgan fingerprint density at radius 3 is 2.16 bits per heavy atom. The fourth-order valence-corrected chi connectivity index (χ4v) is 2.42. The third-order valence-corrected chi connectivity index (χ3v) is 3.84. The van der Waals surface area contributed by atoms with Gasteiger partial charge >= 0.3 is 0 Å². The second kappa shape index (κ2) is 9.56. The lowest BCUT2D eigenvalue weighted by Gasteiger charge is -2.26. The van der Waals surface area contributed by atoms with Crippen LogP contribution in [0.3, 0.4) is 0 Å². The molecule has 3 rings (SSSR count). The maximum Gasteiger partial charge on any atom is 0.153 e. The molecule has 1 fully saturated rings. The summed E-state index contributed by atoms with van der Waals surface area (Å²) in [5, 5.41) is 18.7. The number of nitrogens with zero attached hydrogens (tertiary/aromatic N) is 1. The number of carbonyl (C=O) groups is 2. The lowest BCUT2D eigenvalue weighted by Crippen LogP contribution is -2.35. The van der Waals surface area contributed by atoms with Crippen molar-refractivity contribution in [3.05, 3.63) is 59.2 Å². The van der Waals surface area contributed by atoms with Gasteiger partial charge in [-0.15, -0.1) is 0 Å². The molecular weight excluding hydrogens is 322 g/mol. The zero-order valence-corrected chi connectivity index (χ0v) is 13.8. The van der Waals surface area contributed by atoms with Gasteiger partial charge in [0.25, 0.3) is 0 Å². The molecule has 6 nitrogen and oxygen atoms in total. The summed E-state index contributed by atoms with van der Waals surface area (Å²) in [6.07, 6.45) is 1.30. The van der Waals surface area contributed by atoms with Crippen molar-refractivity contribution in [3.8, 4) is 11.5 Å². The summed E-state index contributed by atoms with van der Waals surface area (Å²) in [5.41, 5.74) is 1.48. The highest BCUT2D eigenvalue weighted by atomic mass is 16.5. The molecule has 0 aliphatic carbocycles. The zero-order chi connectivity index (χ0) is 18.1. The molecule has 1 aliphatic heterocycles. The topological polar surface area (TPSA) is 87.1 Å². The smallest absolute Gasteiger partial charge is 0.153 e. The van der Waals surface area contributed by atoms with Crippen LogP contribution < -0.4 is 0 Å². The van der Waals surface area contributed by atoms with Crippen molar-refractivity contribution in [2.75, 3.05) is 26.3 Å². The molecule has 0 bridgehead atoms. The Hall–Kier alpha value is -2.70. The number of carbonyl (C=O) groups excluding carboxylic acids is 2. The van der Waals surface area contributed by atoms with Gasteiger partial charge in [0.05, 0.1) is 24.3 Å². The number of morpholine rings is 1. The number of rotatable bonds is 4. The van der Waals surface area contributed by atoms with Gasteiger partial charge in [-0.25, -0.2) is 0 Å². The zero-order valence-electron chi connectivity index (χ0n) is 13.8. The summed E-state index contributed by atoms with van der Waals surface area (Å²) < 4.78 is 5.25. The average Bonchev–Trinajstić information content (AvgIpc) is 2.65. The molecule has 25 heavy (non-hydrogen) atoms. The molecule has 0 unspecified atom stereocenters. The van der Waals surface area contributed by atoms with E-state index in [-0.39, 0.29) is 11.5 Å². The van der Waals surface area contributed by atoms with Crippen LogP contribution >= 0.6 is 0 Å². The molecule has 0 spiro atoms. The standard InChI is InChI=1S/C12H15NO3.C7H6O2/c14-9-11-3-1-2-10(12(11)15)8-13-4-6-16-7-5-13;8-5-6-3-1-2-4-7(6)9/h1-3,9,15H,4-8H2;1-5,9H. The fourth-order valence-electron chi connectivity index (χ4n) is 2.42. The van der Waals surface area contributed by atoms with Gasteiger partial charge in [-0.2, -0.15) is 0 Å². The Morgan fingerprint density at radius 1 is 0.920 bits per heavy atom. The minimum absolute atomic E-state index is 0.0347. The first-order chi connectivity index (χ1) is 12.2. The van der Waals surface area contributed by atoms with Gasteiger partial charge in [0.15, 0.2) is 12.6 Å². The number of hydrogen-bond donors (Lipinski definition) is 2. The molecule has 132 valence electrons. The van der Waals surface area contributed by atoms with Crippen molar-refractivity contribution < 1.29 is 24.5 Å². The van der Waals surface area contributed by atoms with Crippen molar-refractivity contribution in [3.63, 3.8) is 0 Å². The van der Waals surface area contributed by atoms with E-state index in [1.54, 1.807) is 30.3 Å². The predicted octanol–water partition coefficient (Wildman–Crippen LogP) is 2.24. The molecule has 2 N–H and O–H groups in total. The molecule has 2 aromatic rings. The summed E-state index contributed by atoms with van der Waals surface area (Å²) >= 11 is 0. The minimum atomic E-state index is 0.0347. The second-order valence-electron chi connectivity index (χ2n) is 5.54. The number of aldehydes is 2. The van der Waals surface area contributed by atoms with Crippen LogP contribution in [0.2, 0.25) is 0 Å². The van der Waals surface area contributed by atoms with Gasteiger partial charge in [-0.1, -0.05) is 24.3 Å². The molecule has 1 aliphatic rings. The number of benzene rings is 2. The van der Waals surface area contributed by atoms with E-state index >= 15 is 0 Å². The Balaban J connectivity index is 0.000000212. The molecule has 0 radical (unpaired) electrons. The van der Waals surface area contributed by atoms with Gasteiger partial charge in [-0.05, 0) is 18.2 Å². The Morgan fingerprint density at radius 2 is 1.56 bits per heavy atom. The summed E-state index contributed by atoms with van der Waals surface area (Å²) in [4.78, 5) is 22.9. The quantitative estimate of drug-likeness (QED) is 0.828. The number of phenols is 2. The van der Waals surface area contributed by atoms with Crippen molar-refractivity contribution in [2.45, 2.75) is 6.54 Å². The molecule has 0 saturated carbocycles. The number of para-hydroxylation sites is 2. The number of phenolic OH excluding ortho intramolecular Hbond substituents is 2. The van der Waals surface area contributed by atoms with E-state index in [2.05, 4.69) is 4.90 Å². The van der Waals surface area contributed by atoms with Crippen LogP contribution in [-0.4, -0.2) is 54.0 Å². The van der Waals surface area contributed by atoms with E-state index < -0.39 is 0 Å². The molecule has 1 heterocycles. The maximum absolute atomic E-state index is 10.7. The van der Waals surface area contributed by atoms with Crippen LogP contribution in [0.4, 0.5) is 0 Å². The molecule has 1 saturated heterocycles. The van der Waals surface area contributed by atoms with Gasteiger partial charge in [0, 0.05) is 25.2 Å². The van der Waals surface area contributed by atoms with E-state index in [0.29, 0.717) is 30.2 Å². The molecule has 0 aromatic heterocycles. The Labute approximate surface area is 146 Å². The van der Waals surface area contributed by atoms with Crippen molar-refractivity contribution in [2.24, 2.45) is 0 Å². The first kappa shape index (κ1) is 18.6. The predicted molar refractivity (Wildman–Crippen MR) is 93.1 cm³/mol. The lowest BCUT2D eigenvalue weighted by atomic mass is 10.1. The Bertz CT molecular complexity index is 711. The Kier molecular flexibility index (Phi) is 7.13. The highest BCUT2D eigenvalue weighted by Gasteiger charge is 2.13. The van der Waals surface area contributed by atoms with Gasteiger partial charge in [0.2, 0.25) is 0 Å². The molecular formula is C19H21NO5. The van der Waals surface area contributed by atoms with Gasteiger partial charge < -0.3 is 14.9 Å². The molecule has 0 atom stereocenters. The third kappa shape index (κ3) is 5.41. The highest BCUT2D eigenvalue weighted by molar-refractivity contribution is 5.80. The summed E-state index contributed by atoms with van der Waals surface area (Å²) in [6, 6.07) is 11.7. The number of aromatic hydroxyl groups is 2. The van der Waals surface area contributed by atoms with Crippen molar-refractivity contribution in [1.82, 2.24) is 4.90 Å². The van der Waals surface area contributed by atoms with E-state index in [1.807, 2.05) is 6.07 Å². The van der Waals surface area contributed by atoms with Gasteiger partial charge in [-0.3, -0.25) is 14.5 Å². The average molecular weight is 343 g/mol.